The number of ether oxygens (including phenoxy) is 2. The molecule has 0 aliphatic carbocycles. The molecule has 2 amide bonds. The van der Waals surface area contributed by atoms with Gasteiger partial charge in [-0.05, 0) is 43.7 Å². The van der Waals surface area contributed by atoms with Crippen LogP contribution in [0.15, 0.2) is 30.3 Å². The third-order valence-corrected chi connectivity index (χ3v) is 7.70. The third-order valence-electron chi connectivity index (χ3n) is 5.11. The highest BCUT2D eigenvalue weighted by molar-refractivity contribution is 6.56. The molecule has 8 nitrogen and oxygen atoms in total. The summed E-state index contributed by atoms with van der Waals surface area (Å²) >= 11 is 36.5. The van der Waals surface area contributed by atoms with Gasteiger partial charge < -0.3 is 25.2 Å². The molecule has 3 N–H and O–H groups in total. The Kier molecular flexibility index (Phi) is 10.1. The van der Waals surface area contributed by atoms with Crippen molar-refractivity contribution in [2.75, 3.05) is 10.6 Å². The lowest BCUT2D eigenvalue weighted by molar-refractivity contribution is -0.132. The molecule has 14 heteroatoms. The summed E-state index contributed by atoms with van der Waals surface area (Å²) in [6.45, 7) is 4.51. The number of carbonyl (C=O) groups is 3. The number of benzene rings is 3. The molecule has 0 fully saturated rings. The Morgan fingerprint density at radius 3 is 2.00 bits per heavy atom. The first kappa shape index (κ1) is 30.9. The summed E-state index contributed by atoms with van der Waals surface area (Å²) in [7, 11) is 0. The summed E-state index contributed by atoms with van der Waals surface area (Å²) in [5.74, 6) is -1.61. The monoisotopic (exact) mass is 652 g/mol. The summed E-state index contributed by atoms with van der Waals surface area (Å²) in [5.41, 5.74) is 0.284. The minimum absolute atomic E-state index is 0.0189. The fourth-order valence-electron chi connectivity index (χ4n) is 3.20. The van der Waals surface area contributed by atoms with Crippen LogP contribution in [-0.2, 0) is 9.59 Å². The Balaban J connectivity index is 1.74. The largest absolute Gasteiger partial charge is 0.506 e. The van der Waals surface area contributed by atoms with Crippen molar-refractivity contribution < 1.29 is 29.0 Å². The molecule has 0 saturated carbocycles. The Hall–Kier alpha value is -2.59. The zero-order valence-corrected chi connectivity index (χ0v) is 24.8. The van der Waals surface area contributed by atoms with Crippen LogP contribution in [0.4, 0.5) is 11.4 Å². The molecule has 206 valence electrons. The molecule has 3 aromatic rings. The lowest BCUT2D eigenvalue weighted by atomic mass is 10.2. The second-order valence-corrected chi connectivity index (χ2v) is 10.3. The predicted molar refractivity (Wildman–Crippen MR) is 154 cm³/mol. The predicted octanol–water partition coefficient (Wildman–Crippen LogP) is 8.20. The third kappa shape index (κ3) is 7.14. The molecule has 3 rings (SSSR count). The molecule has 0 heterocycles. The van der Waals surface area contributed by atoms with Crippen LogP contribution in [0.5, 0.6) is 17.2 Å². The SMILES string of the molecule is CC(=O)Oc1ccc(OC(C)C(=O)Nc2cc(O)c(NC(=O)c3c(Cl)c(Cl)c(Cl)c(Cl)c3Cl)cc2Cl)cc1C. The fourth-order valence-corrected chi connectivity index (χ4v) is 4.72. The van der Waals surface area contributed by atoms with E-state index in [2.05, 4.69) is 10.6 Å². The van der Waals surface area contributed by atoms with Crippen LogP contribution in [0.25, 0.3) is 0 Å². The van der Waals surface area contributed by atoms with E-state index < -0.39 is 29.6 Å². The number of nitrogens with one attached hydrogen (secondary N) is 2. The molecule has 0 aliphatic heterocycles. The molecule has 0 spiro atoms. The number of phenolic OH excluding ortho intramolecular Hbond substituents is 1. The van der Waals surface area contributed by atoms with E-state index in [1.807, 2.05) is 0 Å². The van der Waals surface area contributed by atoms with Crippen LogP contribution >= 0.6 is 69.6 Å². The molecule has 39 heavy (non-hydrogen) atoms. The normalized spacial score (nSPS) is 11.5. The van der Waals surface area contributed by atoms with Crippen molar-refractivity contribution in [1.29, 1.82) is 0 Å². The van der Waals surface area contributed by atoms with Crippen molar-refractivity contribution in [2.24, 2.45) is 0 Å². The van der Waals surface area contributed by atoms with Crippen LogP contribution in [0.3, 0.4) is 0 Å². The van der Waals surface area contributed by atoms with Gasteiger partial charge in [0, 0.05) is 13.0 Å². The van der Waals surface area contributed by atoms with Crippen molar-refractivity contribution in [3.63, 3.8) is 0 Å². The van der Waals surface area contributed by atoms with Crippen LogP contribution in [0, 0.1) is 6.92 Å². The minimum Gasteiger partial charge on any atom is -0.506 e. The Morgan fingerprint density at radius 2 is 1.44 bits per heavy atom. The Morgan fingerprint density at radius 1 is 0.846 bits per heavy atom. The smallest absolute Gasteiger partial charge is 0.308 e. The molecule has 1 atom stereocenters. The second kappa shape index (κ2) is 12.7. The number of anilines is 2. The molecule has 0 aliphatic rings. The van der Waals surface area contributed by atoms with Crippen molar-refractivity contribution in [2.45, 2.75) is 26.9 Å². The lowest BCUT2D eigenvalue weighted by Gasteiger charge is -2.17. The topological polar surface area (TPSA) is 114 Å². The summed E-state index contributed by atoms with van der Waals surface area (Å²) in [6.07, 6.45) is -0.981. The summed E-state index contributed by atoms with van der Waals surface area (Å²) < 4.78 is 10.7. The van der Waals surface area contributed by atoms with Gasteiger partial charge >= 0.3 is 5.97 Å². The van der Waals surface area contributed by atoms with E-state index in [4.69, 9.17) is 79.1 Å². The molecule has 0 aromatic heterocycles. The zero-order chi connectivity index (χ0) is 29.2. The molecule has 0 saturated heterocycles. The van der Waals surface area contributed by atoms with Gasteiger partial charge in [0.25, 0.3) is 11.8 Å². The van der Waals surface area contributed by atoms with Gasteiger partial charge in [0.15, 0.2) is 6.10 Å². The number of carbonyl (C=O) groups excluding carboxylic acids is 3. The van der Waals surface area contributed by atoms with Crippen molar-refractivity contribution in [3.8, 4) is 17.2 Å². The number of aromatic hydroxyl groups is 1. The fraction of sp³-hybridized carbons (Fsp3) is 0.160. The van der Waals surface area contributed by atoms with E-state index in [-0.39, 0.29) is 47.1 Å². The summed E-state index contributed by atoms with van der Waals surface area (Å²) in [4.78, 5) is 36.7. The Bertz CT molecular complexity index is 1470. The molecule has 0 bridgehead atoms. The molecule has 0 radical (unpaired) electrons. The highest BCUT2D eigenvalue weighted by Gasteiger charge is 2.25. The second-order valence-electron chi connectivity index (χ2n) is 8.02. The highest BCUT2D eigenvalue weighted by Crippen LogP contribution is 2.44. The van der Waals surface area contributed by atoms with Gasteiger partial charge in [-0.1, -0.05) is 69.6 Å². The van der Waals surface area contributed by atoms with E-state index in [0.717, 1.165) is 6.07 Å². The van der Waals surface area contributed by atoms with E-state index in [9.17, 15) is 19.5 Å². The maximum absolute atomic E-state index is 12.9. The average molecular weight is 655 g/mol. The molecule has 1 unspecified atom stereocenters. The van der Waals surface area contributed by atoms with Crippen LogP contribution < -0.4 is 20.1 Å². The van der Waals surface area contributed by atoms with Crippen molar-refractivity contribution in [3.05, 3.63) is 71.6 Å². The van der Waals surface area contributed by atoms with E-state index in [0.29, 0.717) is 17.1 Å². The van der Waals surface area contributed by atoms with Crippen LogP contribution in [0.1, 0.15) is 29.8 Å². The van der Waals surface area contributed by atoms with E-state index >= 15 is 0 Å². The summed E-state index contributed by atoms with van der Waals surface area (Å²) in [5, 5.41) is 14.5. The number of halogens is 6. The van der Waals surface area contributed by atoms with Crippen LogP contribution in [0.2, 0.25) is 30.1 Å². The van der Waals surface area contributed by atoms with Gasteiger partial charge in [-0.25, -0.2) is 0 Å². The van der Waals surface area contributed by atoms with Crippen LogP contribution in [-0.4, -0.2) is 29.0 Å². The Labute approximate surface area is 253 Å². The van der Waals surface area contributed by atoms with Gasteiger partial charge in [0.05, 0.1) is 47.1 Å². The molecular weight excluding hydrogens is 637 g/mol. The number of hydrogen-bond acceptors (Lipinski definition) is 6. The molecule has 3 aromatic carbocycles. The number of aryl methyl sites for hydroxylation is 1. The number of esters is 1. The van der Waals surface area contributed by atoms with Gasteiger partial charge in [-0.2, -0.15) is 0 Å². The standard InChI is InChI=1S/C25H18Cl6N2O6/c1-9-6-12(4-5-17(9)39-11(3)34)38-10(2)24(36)32-14-8-16(35)15(7-13(14)26)33-25(37)18-19(27)21(29)23(31)22(30)20(18)28/h4-8,10,35H,1-3H3,(H,32,36)(H,33,37). The van der Waals surface area contributed by atoms with Gasteiger partial charge in [0.2, 0.25) is 0 Å². The summed E-state index contributed by atoms with van der Waals surface area (Å²) in [6, 6.07) is 7.04. The maximum atomic E-state index is 12.9. The van der Waals surface area contributed by atoms with E-state index in [1.165, 1.54) is 19.9 Å². The van der Waals surface area contributed by atoms with Gasteiger partial charge in [-0.3, -0.25) is 14.4 Å². The van der Waals surface area contributed by atoms with Crippen molar-refractivity contribution >= 4 is 98.8 Å². The quantitative estimate of drug-likeness (QED) is 0.0778. The first-order chi connectivity index (χ1) is 18.2. The maximum Gasteiger partial charge on any atom is 0.308 e. The minimum atomic E-state index is -0.981. The highest BCUT2D eigenvalue weighted by atomic mass is 35.5. The van der Waals surface area contributed by atoms with Gasteiger partial charge in [0.1, 0.15) is 17.2 Å². The van der Waals surface area contributed by atoms with E-state index in [1.54, 1.807) is 25.1 Å². The average Bonchev–Trinajstić information content (AvgIpc) is 2.86. The van der Waals surface area contributed by atoms with Crippen molar-refractivity contribution in [1.82, 2.24) is 0 Å². The number of rotatable bonds is 7. The number of hydrogen-bond donors (Lipinski definition) is 3. The molecular formula is C25H18Cl6N2O6. The first-order valence-corrected chi connectivity index (χ1v) is 13.1. The number of phenols is 1. The number of amides is 2. The van der Waals surface area contributed by atoms with Gasteiger partial charge in [-0.15, -0.1) is 0 Å². The lowest BCUT2D eigenvalue weighted by Crippen LogP contribution is -2.30. The first-order valence-electron chi connectivity index (χ1n) is 10.8. The zero-order valence-electron chi connectivity index (χ0n) is 20.2.